The number of H-pyrrole nitrogens is 1. The molecule has 2 N–H and O–H groups in total. The molecule has 1 unspecified atom stereocenters. The summed E-state index contributed by atoms with van der Waals surface area (Å²) in [6, 6.07) is 7.78. The van der Waals surface area contributed by atoms with E-state index in [0.717, 1.165) is 5.56 Å². The lowest BCUT2D eigenvalue weighted by Gasteiger charge is -2.36. The number of nitrogens with zero attached hydrogens (tertiary/aromatic N) is 1. The van der Waals surface area contributed by atoms with Crippen molar-refractivity contribution in [1.29, 1.82) is 0 Å². The number of rotatable bonds is 2. The Bertz CT molecular complexity index is 662. The van der Waals surface area contributed by atoms with E-state index in [1.165, 1.54) is 12.1 Å². The molecule has 118 valence electrons. The summed E-state index contributed by atoms with van der Waals surface area (Å²) in [7, 11) is 0. The van der Waals surface area contributed by atoms with Crippen LogP contribution in [0.4, 0.5) is 4.39 Å². The number of halogens is 3. The van der Waals surface area contributed by atoms with E-state index in [2.05, 4.69) is 10.3 Å². The Morgan fingerprint density at radius 1 is 1.36 bits per heavy atom. The second-order valence-electron chi connectivity index (χ2n) is 5.01. The Balaban J connectivity index is 0.00000176. The first-order valence-corrected chi connectivity index (χ1v) is 7.14. The summed E-state index contributed by atoms with van der Waals surface area (Å²) in [5.74, 6) is -0.425. The van der Waals surface area contributed by atoms with Gasteiger partial charge in [-0.2, -0.15) is 0 Å². The van der Waals surface area contributed by atoms with Crippen LogP contribution in [-0.2, 0) is 0 Å². The summed E-state index contributed by atoms with van der Waals surface area (Å²) in [6.45, 7) is 1.88. The number of aromatic nitrogens is 1. The fourth-order valence-corrected chi connectivity index (χ4v) is 2.77. The molecular formula is C15H16Cl2FN3O. The predicted molar refractivity (Wildman–Crippen MR) is 86.1 cm³/mol. The van der Waals surface area contributed by atoms with Crippen molar-refractivity contribution in [2.45, 2.75) is 6.04 Å². The fraction of sp³-hybridized carbons (Fsp3) is 0.267. The van der Waals surface area contributed by atoms with E-state index >= 15 is 0 Å². The van der Waals surface area contributed by atoms with Gasteiger partial charge in [0.15, 0.2) is 0 Å². The van der Waals surface area contributed by atoms with E-state index in [9.17, 15) is 9.18 Å². The lowest BCUT2D eigenvalue weighted by atomic mass is 10.0. The maximum Gasteiger partial charge on any atom is 0.270 e. The Morgan fingerprint density at radius 3 is 2.86 bits per heavy atom. The van der Waals surface area contributed by atoms with Gasteiger partial charge in [0, 0.05) is 25.8 Å². The zero-order chi connectivity index (χ0) is 14.8. The number of hydrogen-bond donors (Lipinski definition) is 2. The summed E-state index contributed by atoms with van der Waals surface area (Å²) in [4.78, 5) is 17.2. The maximum absolute atomic E-state index is 13.4. The molecule has 0 aliphatic carbocycles. The maximum atomic E-state index is 13.4. The third-order valence-electron chi connectivity index (χ3n) is 3.62. The average Bonchev–Trinajstić information content (AvgIpc) is 2.93. The Hall–Kier alpha value is -1.56. The molecule has 1 aromatic carbocycles. The van der Waals surface area contributed by atoms with Crippen molar-refractivity contribution in [3.8, 4) is 0 Å². The number of nitrogens with one attached hydrogen (secondary N) is 2. The van der Waals surface area contributed by atoms with Gasteiger partial charge in [-0.05, 0) is 23.8 Å². The van der Waals surface area contributed by atoms with E-state index in [4.69, 9.17) is 11.6 Å². The van der Waals surface area contributed by atoms with Gasteiger partial charge in [-0.3, -0.25) is 4.79 Å². The van der Waals surface area contributed by atoms with Crippen molar-refractivity contribution in [2.24, 2.45) is 0 Å². The SMILES string of the molecule is Cl.O=C(c1cc(Cl)c[nH]1)N1CCNCC1c1cccc(F)c1. The van der Waals surface area contributed by atoms with Crippen LogP contribution < -0.4 is 5.32 Å². The quantitative estimate of drug-likeness (QED) is 0.880. The van der Waals surface area contributed by atoms with Crippen molar-refractivity contribution >= 4 is 29.9 Å². The molecule has 1 atom stereocenters. The van der Waals surface area contributed by atoms with Crippen LogP contribution in [0.25, 0.3) is 0 Å². The monoisotopic (exact) mass is 343 g/mol. The molecule has 22 heavy (non-hydrogen) atoms. The summed E-state index contributed by atoms with van der Waals surface area (Å²) in [5.41, 5.74) is 1.23. The second kappa shape index (κ2) is 7.13. The molecule has 0 radical (unpaired) electrons. The molecule has 2 heterocycles. The molecule has 7 heteroatoms. The standard InChI is InChI=1S/C15H15ClFN3O.ClH/c16-11-7-13(19-8-11)15(21)20-5-4-18-9-14(20)10-2-1-3-12(17)6-10;/h1-3,6-8,14,18-19H,4-5,9H2;1H. The van der Waals surface area contributed by atoms with Gasteiger partial charge in [0.05, 0.1) is 11.1 Å². The summed E-state index contributed by atoms with van der Waals surface area (Å²) >= 11 is 5.85. The fourth-order valence-electron chi connectivity index (χ4n) is 2.61. The van der Waals surface area contributed by atoms with E-state index in [1.54, 1.807) is 23.2 Å². The minimum Gasteiger partial charge on any atom is -0.356 e. The number of piperazine rings is 1. The highest BCUT2D eigenvalue weighted by molar-refractivity contribution is 6.30. The summed E-state index contributed by atoms with van der Waals surface area (Å²) in [5, 5.41) is 3.74. The van der Waals surface area contributed by atoms with Crippen LogP contribution >= 0.6 is 24.0 Å². The summed E-state index contributed by atoms with van der Waals surface area (Å²) < 4.78 is 13.4. The van der Waals surface area contributed by atoms with E-state index in [-0.39, 0.29) is 30.2 Å². The smallest absolute Gasteiger partial charge is 0.270 e. The van der Waals surface area contributed by atoms with Crippen molar-refractivity contribution in [1.82, 2.24) is 15.2 Å². The van der Waals surface area contributed by atoms with Gasteiger partial charge in [-0.25, -0.2) is 4.39 Å². The van der Waals surface area contributed by atoms with Gasteiger partial charge in [0.25, 0.3) is 5.91 Å². The lowest BCUT2D eigenvalue weighted by Crippen LogP contribution is -2.48. The average molecular weight is 344 g/mol. The van der Waals surface area contributed by atoms with E-state index in [1.807, 2.05) is 6.07 Å². The van der Waals surface area contributed by atoms with Gasteiger partial charge in [0.2, 0.25) is 0 Å². The Labute approximate surface area is 139 Å². The minimum atomic E-state index is -0.298. The minimum absolute atomic E-state index is 0. The molecule has 0 bridgehead atoms. The molecule has 3 rings (SSSR count). The first kappa shape index (κ1) is 16.8. The van der Waals surface area contributed by atoms with Crippen molar-refractivity contribution < 1.29 is 9.18 Å². The molecule has 1 aliphatic heterocycles. The van der Waals surface area contributed by atoms with E-state index < -0.39 is 0 Å². The first-order valence-electron chi connectivity index (χ1n) is 6.76. The number of carbonyl (C=O) groups excluding carboxylic acids is 1. The highest BCUT2D eigenvalue weighted by Gasteiger charge is 2.29. The zero-order valence-electron chi connectivity index (χ0n) is 11.7. The third kappa shape index (κ3) is 3.43. The molecule has 1 saturated heterocycles. The normalized spacial score (nSPS) is 17.9. The van der Waals surface area contributed by atoms with Gasteiger partial charge in [-0.1, -0.05) is 23.7 Å². The number of hydrogen-bond acceptors (Lipinski definition) is 2. The third-order valence-corrected chi connectivity index (χ3v) is 3.83. The molecule has 0 saturated carbocycles. The van der Waals surface area contributed by atoms with Crippen LogP contribution in [0, 0.1) is 5.82 Å². The van der Waals surface area contributed by atoms with Crippen LogP contribution in [0.5, 0.6) is 0 Å². The number of benzene rings is 1. The van der Waals surface area contributed by atoms with Crippen LogP contribution in [0.3, 0.4) is 0 Å². The lowest BCUT2D eigenvalue weighted by molar-refractivity contribution is 0.0628. The van der Waals surface area contributed by atoms with Crippen LogP contribution in [-0.4, -0.2) is 35.4 Å². The van der Waals surface area contributed by atoms with Crippen molar-refractivity contribution in [2.75, 3.05) is 19.6 Å². The highest BCUT2D eigenvalue weighted by Crippen LogP contribution is 2.25. The molecule has 2 aromatic rings. The Kier molecular flexibility index (Phi) is 5.45. The van der Waals surface area contributed by atoms with E-state index in [0.29, 0.717) is 30.4 Å². The van der Waals surface area contributed by atoms with Gasteiger partial charge in [-0.15, -0.1) is 12.4 Å². The van der Waals surface area contributed by atoms with Crippen LogP contribution in [0.1, 0.15) is 22.1 Å². The Morgan fingerprint density at radius 2 is 2.18 bits per heavy atom. The zero-order valence-corrected chi connectivity index (χ0v) is 13.3. The van der Waals surface area contributed by atoms with Crippen molar-refractivity contribution in [3.05, 3.63) is 58.6 Å². The molecule has 0 spiro atoms. The number of amides is 1. The predicted octanol–water partition coefficient (Wildman–Crippen LogP) is 3.02. The topological polar surface area (TPSA) is 48.1 Å². The molecular weight excluding hydrogens is 328 g/mol. The van der Waals surface area contributed by atoms with Gasteiger partial charge < -0.3 is 15.2 Å². The highest BCUT2D eigenvalue weighted by atomic mass is 35.5. The molecule has 1 aromatic heterocycles. The second-order valence-corrected chi connectivity index (χ2v) is 5.44. The molecule has 1 fully saturated rings. The van der Waals surface area contributed by atoms with Crippen LogP contribution in [0.15, 0.2) is 36.5 Å². The number of aromatic amines is 1. The summed E-state index contributed by atoms with van der Waals surface area (Å²) in [6.07, 6.45) is 1.58. The first-order chi connectivity index (χ1) is 10.1. The van der Waals surface area contributed by atoms with Gasteiger partial charge in [0.1, 0.15) is 11.5 Å². The molecule has 4 nitrogen and oxygen atoms in total. The van der Waals surface area contributed by atoms with Gasteiger partial charge >= 0.3 is 0 Å². The molecule has 1 aliphatic rings. The largest absolute Gasteiger partial charge is 0.356 e. The van der Waals surface area contributed by atoms with Crippen LogP contribution in [0.2, 0.25) is 5.02 Å². The number of carbonyl (C=O) groups is 1. The van der Waals surface area contributed by atoms with Crippen molar-refractivity contribution in [3.63, 3.8) is 0 Å². The molecule has 1 amide bonds.